The third-order valence-corrected chi connectivity index (χ3v) is 3.99. The SMILES string of the molecule is CC(C)n1cc(NS(=O)(=O)c2ccc(CN)cn2)cn1. The van der Waals surface area contributed by atoms with Crippen LogP contribution in [0.2, 0.25) is 0 Å². The van der Waals surface area contributed by atoms with Gasteiger partial charge < -0.3 is 5.73 Å². The quantitative estimate of drug-likeness (QED) is 0.860. The van der Waals surface area contributed by atoms with E-state index in [1.165, 1.54) is 18.5 Å². The molecule has 0 aliphatic rings. The number of hydrogen-bond donors (Lipinski definition) is 2. The molecule has 0 amide bonds. The van der Waals surface area contributed by atoms with Gasteiger partial charge in [0.2, 0.25) is 0 Å². The van der Waals surface area contributed by atoms with E-state index in [9.17, 15) is 8.42 Å². The molecule has 3 N–H and O–H groups in total. The number of nitrogens with two attached hydrogens (primary N) is 1. The van der Waals surface area contributed by atoms with E-state index in [0.29, 0.717) is 12.2 Å². The van der Waals surface area contributed by atoms with Crippen LogP contribution in [-0.4, -0.2) is 23.2 Å². The minimum absolute atomic E-state index is 0.0491. The first-order chi connectivity index (χ1) is 9.42. The Bertz CT molecular complexity index is 676. The molecule has 0 saturated carbocycles. The van der Waals surface area contributed by atoms with Gasteiger partial charge in [0, 0.05) is 25.0 Å². The standard InChI is InChI=1S/C12H17N5O2S/c1-9(2)17-8-11(7-15-17)16-20(18,19)12-4-3-10(5-13)6-14-12/h3-4,6-9,16H,5,13H2,1-2H3. The van der Waals surface area contributed by atoms with Crippen molar-refractivity contribution in [1.29, 1.82) is 0 Å². The molecule has 0 aromatic carbocycles. The normalized spacial score (nSPS) is 11.8. The fourth-order valence-electron chi connectivity index (χ4n) is 1.57. The molecule has 0 fully saturated rings. The first-order valence-corrected chi connectivity index (χ1v) is 7.62. The van der Waals surface area contributed by atoms with Crippen LogP contribution in [0.5, 0.6) is 0 Å². The Morgan fingerprint density at radius 2 is 2.10 bits per heavy atom. The predicted molar refractivity (Wildman–Crippen MR) is 75.5 cm³/mol. The number of nitrogens with zero attached hydrogens (tertiary/aromatic N) is 3. The molecule has 108 valence electrons. The van der Waals surface area contributed by atoms with Crippen molar-refractivity contribution in [2.75, 3.05) is 4.72 Å². The van der Waals surface area contributed by atoms with Gasteiger partial charge in [-0.3, -0.25) is 9.40 Å². The zero-order valence-corrected chi connectivity index (χ0v) is 12.1. The number of aromatic nitrogens is 3. The summed E-state index contributed by atoms with van der Waals surface area (Å²) < 4.78 is 28.4. The van der Waals surface area contributed by atoms with E-state index in [4.69, 9.17) is 5.73 Å². The van der Waals surface area contributed by atoms with E-state index < -0.39 is 10.0 Å². The molecule has 0 aliphatic heterocycles. The lowest BCUT2D eigenvalue weighted by atomic mass is 10.3. The van der Waals surface area contributed by atoms with Crippen molar-refractivity contribution in [3.63, 3.8) is 0 Å². The Morgan fingerprint density at radius 3 is 2.60 bits per heavy atom. The molecule has 0 atom stereocenters. The van der Waals surface area contributed by atoms with Crippen LogP contribution in [0.3, 0.4) is 0 Å². The van der Waals surface area contributed by atoms with Gasteiger partial charge in [-0.2, -0.15) is 13.5 Å². The van der Waals surface area contributed by atoms with Gasteiger partial charge in [0.1, 0.15) is 0 Å². The molecule has 0 aliphatic carbocycles. The molecule has 0 unspecified atom stereocenters. The largest absolute Gasteiger partial charge is 0.326 e. The fourth-order valence-corrected chi connectivity index (χ4v) is 2.53. The molecule has 2 heterocycles. The predicted octanol–water partition coefficient (Wildman–Crippen LogP) is 1.12. The Morgan fingerprint density at radius 1 is 1.35 bits per heavy atom. The van der Waals surface area contributed by atoms with Crippen molar-refractivity contribution < 1.29 is 8.42 Å². The minimum atomic E-state index is -3.71. The van der Waals surface area contributed by atoms with Crippen molar-refractivity contribution in [2.45, 2.75) is 31.5 Å². The average molecular weight is 295 g/mol. The van der Waals surface area contributed by atoms with Crippen molar-refractivity contribution in [2.24, 2.45) is 5.73 Å². The van der Waals surface area contributed by atoms with Crippen LogP contribution in [0.4, 0.5) is 5.69 Å². The van der Waals surface area contributed by atoms with Crippen LogP contribution in [0.1, 0.15) is 25.5 Å². The number of rotatable bonds is 5. The zero-order chi connectivity index (χ0) is 14.8. The summed E-state index contributed by atoms with van der Waals surface area (Å²) in [5.74, 6) is 0. The number of nitrogens with one attached hydrogen (secondary N) is 1. The van der Waals surface area contributed by atoms with Gasteiger partial charge in [0.15, 0.2) is 5.03 Å². The van der Waals surface area contributed by atoms with Gasteiger partial charge in [-0.25, -0.2) is 4.98 Å². The van der Waals surface area contributed by atoms with Gasteiger partial charge in [-0.05, 0) is 25.5 Å². The Hall–Kier alpha value is -1.93. The van der Waals surface area contributed by atoms with Crippen LogP contribution in [-0.2, 0) is 16.6 Å². The van der Waals surface area contributed by atoms with Crippen LogP contribution in [0, 0.1) is 0 Å². The van der Waals surface area contributed by atoms with Gasteiger partial charge >= 0.3 is 0 Å². The van der Waals surface area contributed by atoms with Crippen molar-refractivity contribution in [1.82, 2.24) is 14.8 Å². The van der Waals surface area contributed by atoms with E-state index in [1.807, 2.05) is 13.8 Å². The summed E-state index contributed by atoms with van der Waals surface area (Å²) in [4.78, 5) is 3.90. The van der Waals surface area contributed by atoms with Crippen LogP contribution < -0.4 is 10.5 Å². The maximum absolute atomic E-state index is 12.1. The molecule has 0 saturated heterocycles. The smallest absolute Gasteiger partial charge is 0.279 e. The Labute approximate surface area is 117 Å². The van der Waals surface area contributed by atoms with Crippen molar-refractivity contribution in [3.05, 3.63) is 36.3 Å². The van der Waals surface area contributed by atoms with Gasteiger partial charge in [0.25, 0.3) is 10.0 Å². The number of sulfonamides is 1. The van der Waals surface area contributed by atoms with E-state index in [-0.39, 0.29) is 11.1 Å². The maximum atomic E-state index is 12.1. The summed E-state index contributed by atoms with van der Waals surface area (Å²) in [5, 5.41) is 4.02. The summed E-state index contributed by atoms with van der Waals surface area (Å²) in [6, 6.07) is 3.23. The van der Waals surface area contributed by atoms with E-state index in [1.54, 1.807) is 16.9 Å². The second kappa shape index (κ2) is 5.59. The molecule has 7 nitrogen and oxygen atoms in total. The first kappa shape index (κ1) is 14.5. The minimum Gasteiger partial charge on any atom is -0.326 e. The second-order valence-corrected chi connectivity index (χ2v) is 6.25. The number of hydrogen-bond acceptors (Lipinski definition) is 5. The average Bonchev–Trinajstić information content (AvgIpc) is 2.87. The fraction of sp³-hybridized carbons (Fsp3) is 0.333. The van der Waals surface area contributed by atoms with Crippen molar-refractivity contribution >= 4 is 15.7 Å². The summed E-state index contributed by atoms with van der Waals surface area (Å²) in [6.07, 6.45) is 4.55. The molecule has 2 aromatic rings. The van der Waals surface area contributed by atoms with E-state index in [0.717, 1.165) is 5.56 Å². The summed E-state index contributed by atoms with van der Waals surface area (Å²) >= 11 is 0. The number of pyridine rings is 1. The lowest BCUT2D eigenvalue weighted by molar-refractivity contribution is 0.532. The molecule has 2 aromatic heterocycles. The topological polar surface area (TPSA) is 103 Å². The molecule has 8 heteroatoms. The second-order valence-electron chi connectivity index (χ2n) is 4.62. The highest BCUT2D eigenvalue weighted by Crippen LogP contribution is 2.15. The molecule has 2 rings (SSSR count). The van der Waals surface area contributed by atoms with Crippen LogP contribution >= 0.6 is 0 Å². The Kier molecular flexibility index (Phi) is 4.05. The summed E-state index contributed by atoms with van der Waals surface area (Å²) in [7, 11) is -3.71. The molecular weight excluding hydrogens is 278 g/mol. The molecule has 20 heavy (non-hydrogen) atoms. The van der Waals surface area contributed by atoms with Crippen LogP contribution in [0.15, 0.2) is 35.7 Å². The number of anilines is 1. The maximum Gasteiger partial charge on any atom is 0.279 e. The molecule has 0 spiro atoms. The highest BCUT2D eigenvalue weighted by atomic mass is 32.2. The van der Waals surface area contributed by atoms with Crippen molar-refractivity contribution in [3.8, 4) is 0 Å². The van der Waals surface area contributed by atoms with Crippen LogP contribution in [0.25, 0.3) is 0 Å². The lowest BCUT2D eigenvalue weighted by Crippen LogP contribution is -2.14. The van der Waals surface area contributed by atoms with Gasteiger partial charge in [-0.15, -0.1) is 0 Å². The third-order valence-electron chi connectivity index (χ3n) is 2.69. The highest BCUT2D eigenvalue weighted by Gasteiger charge is 2.16. The van der Waals surface area contributed by atoms with Gasteiger partial charge in [-0.1, -0.05) is 6.07 Å². The third kappa shape index (κ3) is 3.14. The zero-order valence-electron chi connectivity index (χ0n) is 11.3. The highest BCUT2D eigenvalue weighted by molar-refractivity contribution is 7.92. The summed E-state index contributed by atoms with van der Waals surface area (Å²) in [5.41, 5.74) is 6.63. The van der Waals surface area contributed by atoms with E-state index >= 15 is 0 Å². The Balaban J connectivity index is 2.21. The van der Waals surface area contributed by atoms with E-state index in [2.05, 4.69) is 14.8 Å². The summed E-state index contributed by atoms with van der Waals surface area (Å²) in [6.45, 7) is 4.23. The first-order valence-electron chi connectivity index (χ1n) is 6.14. The molecule has 0 radical (unpaired) electrons. The molecular formula is C12H17N5O2S. The lowest BCUT2D eigenvalue weighted by Gasteiger charge is -2.06. The van der Waals surface area contributed by atoms with Gasteiger partial charge in [0.05, 0.1) is 11.9 Å². The monoisotopic (exact) mass is 295 g/mol. The molecule has 0 bridgehead atoms.